The number of nitrogens with one attached hydrogen (secondary N) is 1. The Morgan fingerprint density at radius 2 is 1.86 bits per heavy atom. The highest BCUT2D eigenvalue weighted by atomic mass is 35.5. The van der Waals surface area contributed by atoms with Crippen molar-refractivity contribution < 1.29 is 9.59 Å². The van der Waals surface area contributed by atoms with Crippen LogP contribution in [0.3, 0.4) is 0 Å². The van der Waals surface area contributed by atoms with Crippen LogP contribution in [0.1, 0.15) is 30.0 Å². The number of hydrogen-bond acceptors (Lipinski definition) is 3. The van der Waals surface area contributed by atoms with Crippen LogP contribution in [0.5, 0.6) is 0 Å². The van der Waals surface area contributed by atoms with Crippen molar-refractivity contribution >= 4 is 46.8 Å². The molecule has 0 aliphatic carbocycles. The highest BCUT2D eigenvalue weighted by Gasteiger charge is 2.28. The van der Waals surface area contributed by atoms with Gasteiger partial charge in [0.05, 0.1) is 15.8 Å². The van der Waals surface area contributed by atoms with Crippen molar-refractivity contribution in [2.45, 2.75) is 38.6 Å². The normalized spacial score (nSPS) is 11.8. The minimum absolute atomic E-state index is 0.0613. The molecule has 0 spiro atoms. The van der Waals surface area contributed by atoms with E-state index in [1.54, 1.807) is 18.0 Å². The first kappa shape index (κ1) is 23.6. The molecule has 0 heterocycles. The van der Waals surface area contributed by atoms with Crippen LogP contribution >= 0.6 is 35.0 Å². The SMILES string of the molecule is CCC(C(=O)NC)N(Cc1ccccc1C)C(=O)CSCc1ccc(Cl)c(Cl)c1. The molecule has 7 heteroatoms. The maximum absolute atomic E-state index is 13.1. The van der Waals surface area contributed by atoms with Gasteiger partial charge in [-0.1, -0.05) is 60.5 Å². The zero-order chi connectivity index (χ0) is 21.4. The molecule has 0 saturated carbocycles. The average Bonchev–Trinajstić information content (AvgIpc) is 2.71. The van der Waals surface area contributed by atoms with Crippen molar-refractivity contribution in [2.24, 2.45) is 0 Å². The monoisotopic (exact) mass is 452 g/mol. The summed E-state index contributed by atoms with van der Waals surface area (Å²) in [6, 6.07) is 12.9. The zero-order valence-corrected chi connectivity index (χ0v) is 19.2. The topological polar surface area (TPSA) is 49.4 Å². The Morgan fingerprint density at radius 3 is 2.48 bits per heavy atom. The molecule has 1 unspecified atom stereocenters. The summed E-state index contributed by atoms with van der Waals surface area (Å²) in [6.07, 6.45) is 0.550. The number of carbonyl (C=O) groups is 2. The van der Waals surface area contributed by atoms with E-state index in [9.17, 15) is 9.59 Å². The van der Waals surface area contributed by atoms with Crippen LogP contribution < -0.4 is 5.32 Å². The van der Waals surface area contributed by atoms with Gasteiger partial charge in [-0.2, -0.15) is 0 Å². The molecule has 0 aromatic heterocycles. The standard InChI is InChI=1S/C22H26Cl2N2O2S/c1-4-20(22(28)25-3)26(12-17-8-6-5-7-15(17)2)21(27)14-29-13-16-9-10-18(23)19(24)11-16/h5-11,20H,4,12-14H2,1-3H3,(H,25,28). The molecule has 156 valence electrons. The quantitative estimate of drug-likeness (QED) is 0.576. The number of halogens is 2. The van der Waals surface area contributed by atoms with Crippen LogP contribution in [0.15, 0.2) is 42.5 Å². The maximum Gasteiger partial charge on any atom is 0.242 e. The fourth-order valence-corrected chi connectivity index (χ4v) is 4.20. The van der Waals surface area contributed by atoms with Crippen molar-refractivity contribution in [3.05, 3.63) is 69.2 Å². The number of thioether (sulfide) groups is 1. The Labute approximate surface area is 187 Å². The lowest BCUT2D eigenvalue weighted by atomic mass is 10.1. The van der Waals surface area contributed by atoms with Gasteiger partial charge >= 0.3 is 0 Å². The average molecular weight is 453 g/mol. The molecule has 1 atom stereocenters. The lowest BCUT2D eigenvalue weighted by molar-refractivity contribution is -0.139. The third-order valence-electron chi connectivity index (χ3n) is 4.71. The third kappa shape index (κ3) is 6.66. The van der Waals surface area contributed by atoms with Crippen molar-refractivity contribution in [3.63, 3.8) is 0 Å². The molecule has 0 radical (unpaired) electrons. The summed E-state index contributed by atoms with van der Waals surface area (Å²) in [4.78, 5) is 27.1. The second kappa shape index (κ2) is 11.5. The van der Waals surface area contributed by atoms with Crippen LogP contribution in [0.4, 0.5) is 0 Å². The van der Waals surface area contributed by atoms with Crippen LogP contribution in [-0.2, 0) is 21.9 Å². The van der Waals surface area contributed by atoms with E-state index in [2.05, 4.69) is 5.32 Å². The number of hydrogen-bond donors (Lipinski definition) is 1. The summed E-state index contributed by atoms with van der Waals surface area (Å²) in [6.45, 7) is 4.34. The van der Waals surface area contributed by atoms with Gasteiger partial charge in [-0.05, 0) is 42.2 Å². The van der Waals surface area contributed by atoms with Gasteiger partial charge in [0.25, 0.3) is 0 Å². The number of carbonyl (C=O) groups excluding carboxylic acids is 2. The maximum atomic E-state index is 13.1. The van der Waals surface area contributed by atoms with Crippen molar-refractivity contribution in [1.82, 2.24) is 10.2 Å². The van der Waals surface area contributed by atoms with Crippen molar-refractivity contribution in [1.29, 1.82) is 0 Å². The highest BCUT2D eigenvalue weighted by molar-refractivity contribution is 7.99. The van der Waals surface area contributed by atoms with Crippen molar-refractivity contribution in [3.8, 4) is 0 Å². The predicted octanol–water partition coefficient (Wildman–Crippen LogP) is 5.09. The van der Waals surface area contributed by atoms with Crippen LogP contribution in [0.2, 0.25) is 10.0 Å². The van der Waals surface area contributed by atoms with Gasteiger partial charge in [0.2, 0.25) is 11.8 Å². The van der Waals surface area contributed by atoms with E-state index < -0.39 is 6.04 Å². The summed E-state index contributed by atoms with van der Waals surface area (Å²) in [5.41, 5.74) is 3.14. The molecule has 29 heavy (non-hydrogen) atoms. The number of nitrogens with zero attached hydrogens (tertiary/aromatic N) is 1. The van der Waals surface area contributed by atoms with E-state index >= 15 is 0 Å². The number of benzene rings is 2. The predicted molar refractivity (Wildman–Crippen MR) is 122 cm³/mol. The van der Waals surface area contributed by atoms with E-state index in [1.807, 2.05) is 50.2 Å². The van der Waals surface area contributed by atoms with Crippen LogP contribution in [0, 0.1) is 6.92 Å². The van der Waals surface area contributed by atoms with E-state index in [0.29, 0.717) is 28.8 Å². The molecule has 0 bridgehead atoms. The molecule has 0 saturated heterocycles. The Hall–Kier alpha value is -1.69. The van der Waals surface area contributed by atoms with E-state index in [-0.39, 0.29) is 17.6 Å². The second-order valence-corrected chi connectivity index (χ2v) is 8.53. The number of aryl methyl sites for hydroxylation is 1. The van der Waals surface area contributed by atoms with Gasteiger partial charge in [-0.3, -0.25) is 9.59 Å². The van der Waals surface area contributed by atoms with Gasteiger partial charge in [0.1, 0.15) is 6.04 Å². The molecule has 0 aliphatic rings. The minimum atomic E-state index is -0.502. The Kier molecular flexibility index (Phi) is 9.34. The Balaban J connectivity index is 2.11. The molecule has 1 N–H and O–H groups in total. The molecular weight excluding hydrogens is 427 g/mol. The van der Waals surface area contributed by atoms with Gasteiger partial charge in [0, 0.05) is 19.3 Å². The molecule has 0 fully saturated rings. The largest absolute Gasteiger partial charge is 0.357 e. The second-order valence-electron chi connectivity index (χ2n) is 6.73. The van der Waals surface area contributed by atoms with Crippen LogP contribution in [0.25, 0.3) is 0 Å². The van der Waals surface area contributed by atoms with Gasteiger partial charge in [0.15, 0.2) is 0 Å². The number of rotatable bonds is 9. The lowest BCUT2D eigenvalue weighted by Crippen LogP contribution is -2.48. The first-order valence-electron chi connectivity index (χ1n) is 9.44. The number of likely N-dealkylation sites (N-methyl/N-ethyl adjacent to an activating group) is 1. The molecule has 2 aromatic carbocycles. The summed E-state index contributed by atoms with van der Waals surface area (Å²) in [7, 11) is 1.60. The first-order valence-corrected chi connectivity index (χ1v) is 11.4. The molecular formula is C22H26Cl2N2O2S. The van der Waals surface area contributed by atoms with Gasteiger partial charge < -0.3 is 10.2 Å². The van der Waals surface area contributed by atoms with Crippen molar-refractivity contribution in [2.75, 3.05) is 12.8 Å². The molecule has 2 aromatic rings. The lowest BCUT2D eigenvalue weighted by Gasteiger charge is -2.30. The Morgan fingerprint density at radius 1 is 1.14 bits per heavy atom. The van der Waals surface area contributed by atoms with E-state index in [0.717, 1.165) is 16.7 Å². The smallest absolute Gasteiger partial charge is 0.242 e. The van der Waals surface area contributed by atoms with Gasteiger partial charge in [-0.15, -0.1) is 11.8 Å². The fraction of sp³-hybridized carbons (Fsp3) is 0.364. The summed E-state index contributed by atoms with van der Waals surface area (Å²) >= 11 is 13.5. The van der Waals surface area contributed by atoms with E-state index in [4.69, 9.17) is 23.2 Å². The molecule has 2 rings (SSSR count). The third-order valence-corrected chi connectivity index (χ3v) is 6.44. The first-order chi connectivity index (χ1) is 13.9. The molecule has 2 amide bonds. The summed E-state index contributed by atoms with van der Waals surface area (Å²) in [5, 5.41) is 3.69. The minimum Gasteiger partial charge on any atom is -0.357 e. The summed E-state index contributed by atoms with van der Waals surface area (Å²) in [5.74, 6) is 0.703. The highest BCUT2D eigenvalue weighted by Crippen LogP contribution is 2.25. The number of amides is 2. The Bertz CT molecular complexity index is 860. The van der Waals surface area contributed by atoms with Gasteiger partial charge in [-0.25, -0.2) is 0 Å². The van der Waals surface area contributed by atoms with Crippen LogP contribution in [-0.4, -0.2) is 35.6 Å². The summed E-state index contributed by atoms with van der Waals surface area (Å²) < 4.78 is 0. The zero-order valence-electron chi connectivity index (χ0n) is 16.9. The molecule has 0 aliphatic heterocycles. The fourth-order valence-electron chi connectivity index (χ4n) is 3.03. The molecule has 4 nitrogen and oxygen atoms in total. The van der Waals surface area contributed by atoms with E-state index in [1.165, 1.54) is 11.8 Å².